The number of rotatable bonds is 11. The van der Waals surface area contributed by atoms with Crippen LogP contribution in [0.4, 0.5) is 4.79 Å². The van der Waals surface area contributed by atoms with E-state index in [1.165, 1.54) is 0 Å². The number of terminal acetylenes is 1. The fraction of sp³-hybridized carbons (Fsp3) is 0.476. The summed E-state index contributed by atoms with van der Waals surface area (Å²) in [5, 5.41) is 5.18. The first-order valence-electron chi connectivity index (χ1n) is 9.33. The molecule has 0 bridgehead atoms. The highest BCUT2D eigenvalue weighted by Crippen LogP contribution is 2.08. The molecule has 0 spiro atoms. The first kappa shape index (κ1) is 23.0. The normalized spacial score (nSPS) is 12.5. The lowest BCUT2D eigenvalue weighted by molar-refractivity contribution is -0.129. The van der Waals surface area contributed by atoms with Gasteiger partial charge in [-0.05, 0) is 30.7 Å². The number of hydrogen-bond donors (Lipinski definition) is 3. The van der Waals surface area contributed by atoms with Crippen LogP contribution in [0.5, 0.6) is 0 Å². The number of carbonyl (C=O) groups excluding carboxylic acids is 3. The largest absolute Gasteiger partial charge is 0.445 e. The van der Waals surface area contributed by atoms with Crippen molar-refractivity contribution in [1.82, 2.24) is 10.6 Å². The smallest absolute Gasteiger partial charge is 0.408 e. The van der Waals surface area contributed by atoms with Crippen LogP contribution in [0.1, 0.15) is 45.1 Å². The maximum absolute atomic E-state index is 12.6. The number of hydrogen-bond acceptors (Lipinski definition) is 4. The van der Waals surface area contributed by atoms with E-state index in [9.17, 15) is 14.4 Å². The van der Waals surface area contributed by atoms with E-state index >= 15 is 0 Å². The van der Waals surface area contributed by atoms with Gasteiger partial charge in [0.15, 0.2) is 0 Å². The highest BCUT2D eigenvalue weighted by molar-refractivity contribution is 5.90. The number of carbonyl (C=O) groups is 3. The SMILES string of the molecule is C#CCCC[C@@H](NC(=O)[C@H](CC(C)C)NC(=O)OCc1ccccc1)C(N)=O. The molecule has 7 heteroatoms. The molecule has 3 amide bonds. The zero-order chi connectivity index (χ0) is 20.9. The molecule has 0 saturated heterocycles. The van der Waals surface area contributed by atoms with Crippen molar-refractivity contribution in [1.29, 1.82) is 0 Å². The van der Waals surface area contributed by atoms with Gasteiger partial charge in [-0.1, -0.05) is 44.2 Å². The number of primary amides is 1. The maximum Gasteiger partial charge on any atom is 0.408 e. The topological polar surface area (TPSA) is 111 Å². The number of ether oxygens (including phenoxy) is 1. The lowest BCUT2D eigenvalue weighted by Crippen LogP contribution is -2.53. The van der Waals surface area contributed by atoms with Crippen molar-refractivity contribution in [3.63, 3.8) is 0 Å². The van der Waals surface area contributed by atoms with E-state index in [1.54, 1.807) is 0 Å². The van der Waals surface area contributed by atoms with Gasteiger partial charge in [0.2, 0.25) is 11.8 Å². The van der Waals surface area contributed by atoms with Gasteiger partial charge in [0.25, 0.3) is 0 Å². The van der Waals surface area contributed by atoms with Crippen molar-refractivity contribution < 1.29 is 19.1 Å². The standard InChI is InChI=1S/C21H29N3O4/c1-4-5-7-12-17(19(22)25)23-20(26)18(13-15(2)3)24-21(27)28-14-16-10-8-6-9-11-16/h1,6,8-11,15,17-18H,5,7,12-14H2,2-3H3,(H2,22,25)(H,23,26)(H,24,27)/t17-,18+/m1/s1. The highest BCUT2D eigenvalue weighted by Gasteiger charge is 2.26. The molecule has 1 aromatic carbocycles. The van der Waals surface area contributed by atoms with Gasteiger partial charge in [0.05, 0.1) is 0 Å². The predicted octanol–water partition coefficient (Wildman–Crippen LogP) is 2.10. The molecule has 0 aliphatic heterocycles. The van der Waals surface area contributed by atoms with Gasteiger partial charge < -0.3 is 21.1 Å². The van der Waals surface area contributed by atoms with Crippen LogP contribution in [0, 0.1) is 18.3 Å². The Kier molecular flexibility index (Phi) is 10.2. The fourth-order valence-corrected chi connectivity index (χ4v) is 2.58. The van der Waals surface area contributed by atoms with Gasteiger partial charge in [-0.3, -0.25) is 9.59 Å². The van der Waals surface area contributed by atoms with Crippen LogP contribution in [-0.2, 0) is 20.9 Å². The summed E-state index contributed by atoms with van der Waals surface area (Å²) in [6.07, 6.45) is 6.29. The van der Waals surface area contributed by atoms with E-state index in [2.05, 4.69) is 16.6 Å². The van der Waals surface area contributed by atoms with Gasteiger partial charge in [0.1, 0.15) is 18.7 Å². The van der Waals surface area contributed by atoms with E-state index in [0.29, 0.717) is 25.7 Å². The summed E-state index contributed by atoms with van der Waals surface area (Å²) < 4.78 is 5.18. The average Bonchev–Trinajstić information content (AvgIpc) is 2.65. The fourth-order valence-electron chi connectivity index (χ4n) is 2.58. The van der Waals surface area contributed by atoms with Crippen LogP contribution >= 0.6 is 0 Å². The molecule has 0 unspecified atom stereocenters. The third kappa shape index (κ3) is 9.08. The van der Waals surface area contributed by atoms with Crippen molar-refractivity contribution in [2.45, 2.75) is 58.2 Å². The predicted molar refractivity (Wildman–Crippen MR) is 107 cm³/mol. The number of alkyl carbamates (subject to hydrolysis) is 1. The van der Waals surface area contributed by atoms with Gasteiger partial charge in [-0.15, -0.1) is 12.3 Å². The Labute approximate surface area is 166 Å². The van der Waals surface area contributed by atoms with Gasteiger partial charge in [-0.25, -0.2) is 4.79 Å². The molecule has 0 heterocycles. The molecule has 0 fully saturated rings. The minimum absolute atomic E-state index is 0.0959. The Hall–Kier alpha value is -3.01. The summed E-state index contributed by atoms with van der Waals surface area (Å²) in [6.45, 7) is 3.95. The average molecular weight is 387 g/mol. The van der Waals surface area contributed by atoms with Crippen molar-refractivity contribution in [3.05, 3.63) is 35.9 Å². The molecule has 28 heavy (non-hydrogen) atoms. The Bertz CT molecular complexity index is 683. The van der Waals surface area contributed by atoms with Crippen molar-refractivity contribution in [3.8, 4) is 12.3 Å². The van der Waals surface area contributed by atoms with Crippen LogP contribution in [-0.4, -0.2) is 30.0 Å². The third-order valence-corrected chi connectivity index (χ3v) is 4.00. The molecule has 1 rings (SSSR count). The zero-order valence-electron chi connectivity index (χ0n) is 16.4. The molecule has 0 aliphatic carbocycles. The summed E-state index contributed by atoms with van der Waals surface area (Å²) in [5.41, 5.74) is 6.20. The van der Waals surface area contributed by atoms with Gasteiger partial charge in [0, 0.05) is 6.42 Å². The lowest BCUT2D eigenvalue weighted by atomic mass is 10.0. The molecule has 0 radical (unpaired) electrons. The van der Waals surface area contributed by atoms with Crippen LogP contribution in [0.15, 0.2) is 30.3 Å². The van der Waals surface area contributed by atoms with Gasteiger partial charge in [-0.2, -0.15) is 0 Å². The van der Waals surface area contributed by atoms with Crippen molar-refractivity contribution in [2.75, 3.05) is 0 Å². The molecule has 152 valence electrons. The maximum atomic E-state index is 12.6. The number of nitrogens with two attached hydrogens (primary N) is 1. The molecule has 0 saturated carbocycles. The number of nitrogens with one attached hydrogen (secondary N) is 2. The summed E-state index contributed by atoms with van der Waals surface area (Å²) in [7, 11) is 0. The van der Waals surface area contributed by atoms with Crippen LogP contribution < -0.4 is 16.4 Å². The number of benzene rings is 1. The molecular formula is C21H29N3O4. The molecular weight excluding hydrogens is 358 g/mol. The number of amides is 3. The summed E-state index contributed by atoms with van der Waals surface area (Å²) in [5.74, 6) is 1.50. The Morgan fingerprint density at radius 2 is 1.82 bits per heavy atom. The lowest BCUT2D eigenvalue weighted by Gasteiger charge is -2.23. The second-order valence-corrected chi connectivity index (χ2v) is 6.95. The van der Waals surface area contributed by atoms with Crippen molar-refractivity contribution >= 4 is 17.9 Å². The van der Waals surface area contributed by atoms with E-state index in [-0.39, 0.29) is 12.5 Å². The Morgan fingerprint density at radius 3 is 2.39 bits per heavy atom. The van der Waals surface area contributed by atoms with Gasteiger partial charge >= 0.3 is 6.09 Å². The second-order valence-electron chi connectivity index (χ2n) is 6.95. The first-order chi connectivity index (χ1) is 13.3. The number of unbranched alkanes of at least 4 members (excludes halogenated alkanes) is 1. The molecule has 7 nitrogen and oxygen atoms in total. The second kappa shape index (κ2) is 12.4. The van der Waals surface area contributed by atoms with E-state index in [1.807, 2.05) is 44.2 Å². The van der Waals surface area contributed by atoms with Crippen molar-refractivity contribution in [2.24, 2.45) is 11.7 Å². The third-order valence-electron chi connectivity index (χ3n) is 4.00. The summed E-state index contributed by atoms with van der Waals surface area (Å²) in [4.78, 5) is 36.3. The molecule has 2 atom stereocenters. The minimum atomic E-state index is -0.836. The molecule has 1 aromatic rings. The van der Waals surface area contributed by atoms with E-state index in [0.717, 1.165) is 5.56 Å². The molecule has 4 N–H and O–H groups in total. The van der Waals surface area contributed by atoms with E-state index in [4.69, 9.17) is 16.9 Å². The van der Waals surface area contributed by atoms with E-state index < -0.39 is 30.0 Å². The summed E-state index contributed by atoms with van der Waals surface area (Å²) >= 11 is 0. The zero-order valence-corrected chi connectivity index (χ0v) is 16.4. The quantitative estimate of drug-likeness (QED) is 0.399. The van der Waals surface area contributed by atoms with Crippen LogP contribution in [0.3, 0.4) is 0 Å². The highest BCUT2D eigenvalue weighted by atomic mass is 16.5. The first-order valence-corrected chi connectivity index (χ1v) is 9.33. The molecule has 0 aliphatic rings. The summed E-state index contributed by atoms with van der Waals surface area (Å²) in [6, 6.07) is 7.55. The van der Waals surface area contributed by atoms with Crippen LogP contribution in [0.2, 0.25) is 0 Å². The Morgan fingerprint density at radius 1 is 1.14 bits per heavy atom. The monoisotopic (exact) mass is 387 g/mol. The van der Waals surface area contributed by atoms with Crippen LogP contribution in [0.25, 0.3) is 0 Å². The Balaban J connectivity index is 2.66. The molecule has 0 aromatic heterocycles. The minimum Gasteiger partial charge on any atom is -0.445 e.